The van der Waals surface area contributed by atoms with Gasteiger partial charge in [0.2, 0.25) is 15.9 Å². The number of furan rings is 1. The van der Waals surface area contributed by atoms with Crippen LogP contribution in [0.3, 0.4) is 0 Å². The largest absolute Gasteiger partial charge is 0.496 e. The summed E-state index contributed by atoms with van der Waals surface area (Å²) < 4.78 is 88.1. The zero-order valence-corrected chi connectivity index (χ0v) is 27.6. The Balaban J connectivity index is 1.52. The first-order valence-corrected chi connectivity index (χ1v) is 17.1. The van der Waals surface area contributed by atoms with Crippen molar-refractivity contribution in [3.05, 3.63) is 89.7 Å². The summed E-state index contributed by atoms with van der Waals surface area (Å²) >= 11 is 0. The highest BCUT2D eigenvalue weighted by Gasteiger charge is 2.46. The Morgan fingerprint density at radius 1 is 0.980 bits per heavy atom. The van der Waals surface area contributed by atoms with E-state index in [1.165, 1.54) is 44.5 Å². The van der Waals surface area contributed by atoms with Crippen molar-refractivity contribution in [3.8, 4) is 45.7 Å². The third kappa shape index (κ3) is 5.69. The van der Waals surface area contributed by atoms with E-state index in [0.29, 0.717) is 41.0 Å². The van der Waals surface area contributed by atoms with Gasteiger partial charge in [-0.1, -0.05) is 6.07 Å². The van der Waals surface area contributed by atoms with Crippen LogP contribution < -0.4 is 14.4 Å². The van der Waals surface area contributed by atoms with E-state index in [4.69, 9.17) is 13.6 Å². The first-order valence-electron chi connectivity index (χ1n) is 15.3. The lowest BCUT2D eigenvalue weighted by Crippen LogP contribution is -2.35. The normalized spacial score (nSPS) is 13.7. The van der Waals surface area contributed by atoms with Crippen LogP contribution in [0.4, 0.5) is 18.9 Å². The van der Waals surface area contributed by atoms with Crippen LogP contribution >= 0.6 is 0 Å². The number of nitrogens with one attached hydrogen (secondary N) is 1. The van der Waals surface area contributed by atoms with E-state index >= 15 is 0 Å². The Kier molecular flexibility index (Phi) is 7.82. The number of amides is 1. The molecule has 254 valence electrons. The smallest absolute Gasteiger partial charge is 0.255 e. The fourth-order valence-electron chi connectivity index (χ4n) is 5.95. The quantitative estimate of drug-likeness (QED) is 0.164. The number of nitrogens with zero attached hydrogens (tertiary/aromatic N) is 3. The van der Waals surface area contributed by atoms with Crippen molar-refractivity contribution in [2.45, 2.75) is 12.8 Å². The number of aromatic nitrogens is 1. The molecule has 0 aliphatic heterocycles. The number of methoxy groups -OCH3 is 1. The maximum Gasteiger partial charge on any atom is 0.255 e. The maximum atomic E-state index is 14.6. The summed E-state index contributed by atoms with van der Waals surface area (Å²) in [7, 11) is -1.17. The summed E-state index contributed by atoms with van der Waals surface area (Å²) in [5.74, 6) is -2.49. The van der Waals surface area contributed by atoms with Crippen LogP contribution in [0.2, 0.25) is 0 Å². The molecule has 14 heteroatoms. The van der Waals surface area contributed by atoms with Crippen LogP contribution in [0.15, 0.2) is 75.6 Å². The lowest BCUT2D eigenvalue weighted by molar-refractivity contribution is 0.0964. The average Bonchev–Trinajstić information content (AvgIpc) is 3.58. The molecule has 1 aliphatic rings. The van der Waals surface area contributed by atoms with Crippen LogP contribution in [0.1, 0.15) is 23.2 Å². The van der Waals surface area contributed by atoms with Gasteiger partial charge in [0.15, 0.2) is 11.4 Å². The van der Waals surface area contributed by atoms with Gasteiger partial charge in [0, 0.05) is 41.8 Å². The van der Waals surface area contributed by atoms with Gasteiger partial charge in [-0.2, -0.15) is 5.26 Å². The summed E-state index contributed by atoms with van der Waals surface area (Å²) in [6, 6.07) is 17.2. The lowest BCUT2D eigenvalue weighted by Gasteiger charge is -2.27. The zero-order chi connectivity index (χ0) is 35.5. The number of rotatable bonds is 9. The summed E-state index contributed by atoms with van der Waals surface area (Å²) in [5, 5.41) is 12.8. The first kappa shape index (κ1) is 32.7. The van der Waals surface area contributed by atoms with Crippen molar-refractivity contribution in [1.29, 1.82) is 5.26 Å². The van der Waals surface area contributed by atoms with Crippen molar-refractivity contribution in [2.24, 2.45) is 5.41 Å². The number of ether oxygens (including phenoxy) is 1. The number of carbonyl (C=O) groups excluding carboxylic acids is 1. The number of hydrogen-bond acceptors (Lipinski definition) is 8. The van der Waals surface area contributed by atoms with Gasteiger partial charge in [-0.25, -0.2) is 26.6 Å². The van der Waals surface area contributed by atoms with E-state index in [0.717, 1.165) is 16.6 Å². The predicted molar refractivity (Wildman–Crippen MR) is 179 cm³/mol. The predicted octanol–water partition coefficient (Wildman–Crippen LogP) is 7.43. The summed E-state index contributed by atoms with van der Waals surface area (Å²) in [4.78, 5) is 17.6. The lowest BCUT2D eigenvalue weighted by atomic mass is 9.96. The minimum absolute atomic E-state index is 0.0971. The third-order valence-electron chi connectivity index (χ3n) is 8.73. The second-order valence-electron chi connectivity index (χ2n) is 12.1. The van der Waals surface area contributed by atoms with E-state index in [-0.39, 0.29) is 57.4 Å². The van der Waals surface area contributed by atoms with Crippen LogP contribution in [-0.2, 0) is 10.0 Å². The molecule has 7 rings (SSSR count). The minimum Gasteiger partial charge on any atom is -0.496 e. The average molecular weight is 701 g/mol. The van der Waals surface area contributed by atoms with Crippen molar-refractivity contribution < 1.29 is 40.0 Å². The van der Waals surface area contributed by atoms with Gasteiger partial charge < -0.3 is 18.9 Å². The molecule has 6 aromatic rings. The second-order valence-corrected chi connectivity index (χ2v) is 14.0. The number of nitriles is 1. The van der Waals surface area contributed by atoms with Gasteiger partial charge in [-0.05, 0) is 60.9 Å². The van der Waals surface area contributed by atoms with Crippen molar-refractivity contribution in [1.82, 2.24) is 10.3 Å². The molecule has 50 heavy (non-hydrogen) atoms. The summed E-state index contributed by atoms with van der Waals surface area (Å²) in [5.41, 5.74) is 0.530. The van der Waals surface area contributed by atoms with Crippen molar-refractivity contribution in [3.63, 3.8) is 0 Å². The Labute approximate surface area is 283 Å². The highest BCUT2D eigenvalue weighted by Crippen LogP contribution is 2.49. The fraction of sp³-hybridized carbons (Fsp3) is 0.194. The Hall–Kier alpha value is -5.81. The molecule has 0 bridgehead atoms. The number of oxazole rings is 1. The molecule has 0 saturated heterocycles. The number of hydrogen-bond donors (Lipinski definition) is 1. The van der Waals surface area contributed by atoms with Gasteiger partial charge in [0.1, 0.15) is 34.2 Å². The number of halogens is 3. The third-order valence-corrected chi connectivity index (χ3v) is 9.85. The van der Waals surface area contributed by atoms with Crippen LogP contribution in [0, 0.1) is 34.2 Å². The molecular formula is C36H27F3N4O6S. The number of fused-ring (bicyclic) bond motifs is 2. The van der Waals surface area contributed by atoms with Gasteiger partial charge >= 0.3 is 0 Å². The van der Waals surface area contributed by atoms with E-state index in [1.807, 2.05) is 0 Å². The van der Waals surface area contributed by atoms with E-state index in [1.54, 1.807) is 24.3 Å². The molecule has 0 radical (unpaired) electrons. The number of anilines is 1. The van der Waals surface area contributed by atoms with Crippen LogP contribution in [0.25, 0.3) is 56.0 Å². The van der Waals surface area contributed by atoms with Gasteiger partial charge in [-0.3, -0.25) is 9.10 Å². The molecular weight excluding hydrogens is 673 g/mol. The fourth-order valence-corrected chi connectivity index (χ4v) is 6.94. The van der Waals surface area contributed by atoms with E-state index in [9.17, 15) is 31.6 Å². The molecule has 10 nitrogen and oxygen atoms in total. The molecule has 2 heterocycles. The van der Waals surface area contributed by atoms with Gasteiger partial charge in [0.25, 0.3) is 5.91 Å². The molecule has 1 N–H and O–H groups in total. The Morgan fingerprint density at radius 2 is 1.70 bits per heavy atom. The van der Waals surface area contributed by atoms with Crippen LogP contribution in [-0.4, -0.2) is 46.3 Å². The highest BCUT2D eigenvalue weighted by atomic mass is 32.2. The monoisotopic (exact) mass is 700 g/mol. The van der Waals surface area contributed by atoms with Gasteiger partial charge in [-0.15, -0.1) is 0 Å². The maximum absolute atomic E-state index is 14.6. The SMILES string of the molecule is CNC(=O)c1c(-c2ccc(F)cc2)oc2cc(N(CC3(C#N)CC3)S(C)(=O)=O)c(-c3ccc(OC)c(-c4nc5c(F)cc(F)cc5o4)c3)cc12. The first-order chi connectivity index (χ1) is 23.8. The van der Waals surface area contributed by atoms with Crippen LogP contribution in [0.5, 0.6) is 5.75 Å². The molecule has 1 amide bonds. The highest BCUT2D eigenvalue weighted by molar-refractivity contribution is 7.92. The van der Waals surface area contributed by atoms with Crippen molar-refractivity contribution in [2.75, 3.05) is 31.3 Å². The second kappa shape index (κ2) is 12.0. The summed E-state index contributed by atoms with van der Waals surface area (Å²) in [6.07, 6.45) is 2.04. The molecule has 1 saturated carbocycles. The standard InChI is InChI=1S/C36H27F3N4O6S/c1-41-34(44)31-24-15-23(20-6-9-28(47-2)25(12-20)35-42-32-26(39)13-22(38)14-30(32)49-35)27(43(50(3,45)46)18-36(17-40)10-11-36)16-29(24)48-33(31)19-4-7-21(37)8-5-19/h4-9,12-16H,10-11,18H2,1-3H3,(H,41,44). The number of sulfonamides is 1. The molecule has 0 unspecified atom stereocenters. The minimum atomic E-state index is -4.02. The van der Waals surface area contributed by atoms with E-state index in [2.05, 4.69) is 16.4 Å². The zero-order valence-electron chi connectivity index (χ0n) is 26.8. The number of carbonyl (C=O) groups is 1. The van der Waals surface area contributed by atoms with Gasteiger partial charge in [0.05, 0.1) is 48.2 Å². The summed E-state index contributed by atoms with van der Waals surface area (Å²) in [6.45, 7) is -0.145. The molecule has 0 atom stereocenters. The topological polar surface area (TPSA) is 139 Å². The van der Waals surface area contributed by atoms with E-state index < -0.39 is 38.8 Å². The molecule has 1 aliphatic carbocycles. The number of benzene rings is 4. The Bertz CT molecular complexity index is 2500. The molecule has 0 spiro atoms. The van der Waals surface area contributed by atoms with Crippen molar-refractivity contribution >= 4 is 43.7 Å². The molecule has 2 aromatic heterocycles. The molecule has 4 aromatic carbocycles. The Morgan fingerprint density at radius 3 is 2.34 bits per heavy atom. The molecule has 1 fully saturated rings.